The summed E-state index contributed by atoms with van der Waals surface area (Å²) in [4.78, 5) is 4.23. The molecule has 0 bridgehead atoms. The molecule has 1 N–H and O–H groups in total. The van der Waals surface area contributed by atoms with Gasteiger partial charge in [0.15, 0.2) is 0 Å². The number of benzene rings is 2. The minimum atomic E-state index is -3.72. The van der Waals surface area contributed by atoms with Gasteiger partial charge in [-0.2, -0.15) is 4.98 Å². The Kier molecular flexibility index (Phi) is 5.29. The van der Waals surface area contributed by atoms with Gasteiger partial charge in [0.05, 0.1) is 12.0 Å². The van der Waals surface area contributed by atoms with Crippen LogP contribution in [-0.2, 0) is 16.4 Å². The number of hydrogen-bond donors (Lipinski definition) is 1. The number of nitrogens with one attached hydrogen (secondary N) is 1. The van der Waals surface area contributed by atoms with Gasteiger partial charge in [0.1, 0.15) is 11.6 Å². The van der Waals surface area contributed by atoms with Crippen molar-refractivity contribution in [1.82, 2.24) is 14.9 Å². The molecule has 0 aliphatic rings. The fraction of sp³-hybridized carbons (Fsp3) is 0.176. The molecule has 9 heteroatoms. The lowest BCUT2D eigenvalue weighted by atomic mass is 10.2. The lowest BCUT2D eigenvalue weighted by Crippen LogP contribution is -2.26. The van der Waals surface area contributed by atoms with E-state index in [0.29, 0.717) is 17.5 Å². The van der Waals surface area contributed by atoms with Gasteiger partial charge in [0.25, 0.3) is 0 Å². The van der Waals surface area contributed by atoms with Crippen molar-refractivity contribution in [3.05, 3.63) is 60.2 Å². The van der Waals surface area contributed by atoms with Gasteiger partial charge in [-0.1, -0.05) is 5.16 Å². The number of nitrogens with zero attached hydrogens (tertiary/aromatic N) is 2. The van der Waals surface area contributed by atoms with Crippen molar-refractivity contribution < 1.29 is 22.1 Å². The second-order valence-electron chi connectivity index (χ2n) is 5.34. The summed E-state index contributed by atoms with van der Waals surface area (Å²) in [7, 11) is -2.14. The first-order chi connectivity index (χ1) is 12.5. The molecular weight excluding hydrogens is 361 g/mol. The van der Waals surface area contributed by atoms with Gasteiger partial charge in [0, 0.05) is 18.5 Å². The summed E-state index contributed by atoms with van der Waals surface area (Å²) < 4.78 is 49.7. The van der Waals surface area contributed by atoms with Gasteiger partial charge >= 0.3 is 0 Å². The normalized spacial score (nSPS) is 11.5. The molecule has 3 aromatic rings. The molecule has 0 saturated carbocycles. The highest BCUT2D eigenvalue weighted by Gasteiger charge is 2.15. The topological polar surface area (TPSA) is 94.3 Å². The minimum absolute atomic E-state index is 0.0108. The zero-order valence-electron chi connectivity index (χ0n) is 13.8. The van der Waals surface area contributed by atoms with Crippen LogP contribution in [0.4, 0.5) is 4.39 Å². The fourth-order valence-electron chi connectivity index (χ4n) is 2.20. The van der Waals surface area contributed by atoms with Gasteiger partial charge in [-0.25, -0.2) is 17.5 Å². The Balaban J connectivity index is 1.60. The Bertz CT molecular complexity index is 970. The Morgan fingerprint density at radius 1 is 1.12 bits per heavy atom. The Hall–Kier alpha value is -2.78. The zero-order valence-corrected chi connectivity index (χ0v) is 14.7. The van der Waals surface area contributed by atoms with Crippen molar-refractivity contribution in [2.24, 2.45) is 0 Å². The third-order valence-corrected chi connectivity index (χ3v) is 5.05. The van der Waals surface area contributed by atoms with Crippen LogP contribution < -0.4 is 9.46 Å². The molecule has 0 radical (unpaired) electrons. The monoisotopic (exact) mass is 377 g/mol. The number of aromatic nitrogens is 2. The van der Waals surface area contributed by atoms with Crippen molar-refractivity contribution in [3.63, 3.8) is 0 Å². The van der Waals surface area contributed by atoms with Crippen molar-refractivity contribution >= 4 is 10.0 Å². The quantitative estimate of drug-likeness (QED) is 0.679. The molecule has 3 rings (SSSR count). The molecule has 1 heterocycles. The number of hydrogen-bond acceptors (Lipinski definition) is 6. The van der Waals surface area contributed by atoms with E-state index in [9.17, 15) is 12.8 Å². The highest BCUT2D eigenvalue weighted by molar-refractivity contribution is 7.89. The van der Waals surface area contributed by atoms with E-state index in [1.165, 1.54) is 12.1 Å². The molecule has 2 aromatic carbocycles. The van der Waals surface area contributed by atoms with Gasteiger partial charge in [-0.15, -0.1) is 0 Å². The van der Waals surface area contributed by atoms with Crippen LogP contribution >= 0.6 is 0 Å². The van der Waals surface area contributed by atoms with Crippen molar-refractivity contribution in [2.45, 2.75) is 11.3 Å². The van der Waals surface area contributed by atoms with Gasteiger partial charge in [-0.3, -0.25) is 0 Å². The summed E-state index contributed by atoms with van der Waals surface area (Å²) in [6.45, 7) is 0.0734. The molecule has 0 aliphatic carbocycles. The van der Waals surface area contributed by atoms with Crippen molar-refractivity contribution in [3.8, 4) is 17.1 Å². The second kappa shape index (κ2) is 7.63. The summed E-state index contributed by atoms with van der Waals surface area (Å²) in [5.41, 5.74) is 0.757. The number of methoxy groups -OCH3 is 1. The first-order valence-electron chi connectivity index (χ1n) is 7.70. The molecular formula is C17H16FN3O4S. The number of rotatable bonds is 7. The molecule has 0 unspecified atom stereocenters. The third kappa shape index (κ3) is 4.24. The average molecular weight is 377 g/mol. The van der Waals surface area contributed by atoms with Crippen LogP contribution in [0.2, 0.25) is 0 Å². The molecule has 1 aromatic heterocycles. The van der Waals surface area contributed by atoms with E-state index in [1.807, 2.05) is 0 Å². The number of ether oxygens (including phenoxy) is 1. The molecule has 136 valence electrons. The molecule has 0 spiro atoms. The van der Waals surface area contributed by atoms with Gasteiger partial charge in [0.2, 0.25) is 21.7 Å². The SMILES string of the molecule is COc1ccc(-c2noc(CCNS(=O)(=O)c3ccc(F)cc3)n2)cc1. The lowest BCUT2D eigenvalue weighted by molar-refractivity contribution is 0.379. The second-order valence-corrected chi connectivity index (χ2v) is 7.11. The molecule has 0 fully saturated rings. The first kappa shape index (κ1) is 18.0. The molecule has 26 heavy (non-hydrogen) atoms. The number of sulfonamides is 1. The predicted octanol–water partition coefficient (Wildman–Crippen LogP) is 2.41. The van der Waals surface area contributed by atoms with E-state index in [2.05, 4.69) is 14.9 Å². The van der Waals surface area contributed by atoms with Gasteiger partial charge < -0.3 is 9.26 Å². The summed E-state index contributed by atoms with van der Waals surface area (Å²) in [5.74, 6) is 0.926. The van der Waals surface area contributed by atoms with Crippen LogP contribution in [-0.4, -0.2) is 32.2 Å². The lowest BCUT2D eigenvalue weighted by Gasteiger charge is -2.05. The van der Waals surface area contributed by atoms with E-state index in [0.717, 1.165) is 17.7 Å². The molecule has 0 atom stereocenters. The van der Waals surface area contributed by atoms with E-state index in [1.54, 1.807) is 31.4 Å². The average Bonchev–Trinajstić information content (AvgIpc) is 3.11. The summed E-state index contributed by atoms with van der Waals surface area (Å²) in [5, 5.41) is 3.88. The van der Waals surface area contributed by atoms with Crippen LogP contribution in [0.5, 0.6) is 5.75 Å². The van der Waals surface area contributed by atoms with Crippen LogP contribution in [0.1, 0.15) is 5.89 Å². The fourth-order valence-corrected chi connectivity index (χ4v) is 3.24. The van der Waals surface area contributed by atoms with Crippen LogP contribution in [0.15, 0.2) is 57.9 Å². The highest BCUT2D eigenvalue weighted by atomic mass is 32.2. The van der Waals surface area contributed by atoms with Crippen LogP contribution in [0.25, 0.3) is 11.4 Å². The summed E-state index contributed by atoms with van der Waals surface area (Å²) >= 11 is 0. The Labute approximate surface area is 149 Å². The van der Waals surface area contributed by atoms with Gasteiger partial charge in [-0.05, 0) is 48.5 Å². The minimum Gasteiger partial charge on any atom is -0.497 e. The van der Waals surface area contributed by atoms with Crippen LogP contribution in [0, 0.1) is 5.82 Å². The van der Waals surface area contributed by atoms with Crippen molar-refractivity contribution in [2.75, 3.05) is 13.7 Å². The predicted molar refractivity (Wildman–Crippen MR) is 91.6 cm³/mol. The van der Waals surface area contributed by atoms with Crippen molar-refractivity contribution in [1.29, 1.82) is 0 Å². The maximum absolute atomic E-state index is 12.9. The molecule has 0 aliphatic heterocycles. The molecule has 7 nitrogen and oxygen atoms in total. The third-order valence-electron chi connectivity index (χ3n) is 3.57. The highest BCUT2D eigenvalue weighted by Crippen LogP contribution is 2.19. The maximum Gasteiger partial charge on any atom is 0.240 e. The zero-order chi connectivity index (χ0) is 18.6. The summed E-state index contributed by atoms with van der Waals surface area (Å²) in [6.07, 6.45) is 0.226. The maximum atomic E-state index is 12.9. The largest absolute Gasteiger partial charge is 0.497 e. The van der Waals surface area contributed by atoms with E-state index in [4.69, 9.17) is 9.26 Å². The first-order valence-corrected chi connectivity index (χ1v) is 9.18. The summed E-state index contributed by atoms with van der Waals surface area (Å²) in [6, 6.07) is 11.7. The van der Waals surface area contributed by atoms with E-state index < -0.39 is 15.8 Å². The van der Waals surface area contributed by atoms with E-state index in [-0.39, 0.29) is 17.9 Å². The van der Waals surface area contributed by atoms with E-state index >= 15 is 0 Å². The van der Waals surface area contributed by atoms with Crippen LogP contribution in [0.3, 0.4) is 0 Å². The smallest absolute Gasteiger partial charge is 0.240 e. The Morgan fingerprint density at radius 3 is 2.46 bits per heavy atom. The molecule has 0 amide bonds. The number of halogens is 1. The Morgan fingerprint density at radius 2 is 1.81 bits per heavy atom. The molecule has 0 saturated heterocycles. The standard InChI is InChI=1S/C17H16FN3O4S/c1-24-14-6-2-12(3-7-14)17-20-16(25-21-17)10-11-19-26(22,23)15-8-4-13(18)5-9-15/h2-9,19H,10-11H2,1H3.